The number of aromatic nitrogens is 4. The predicted molar refractivity (Wildman–Crippen MR) is 115 cm³/mol. The molecule has 16 heteroatoms. The number of nitrogens with zero attached hydrogens (tertiary/aromatic N) is 6. The van der Waals surface area contributed by atoms with Crippen LogP contribution in [0.2, 0.25) is 0 Å². The number of ketones is 1. The summed E-state index contributed by atoms with van der Waals surface area (Å²) in [4.78, 5) is 54.2. The molecule has 2 aliphatic rings. The molecule has 1 fully saturated rings. The largest absolute Gasteiger partial charge is 0.472 e. The Morgan fingerprint density at radius 1 is 1.45 bits per heavy atom. The van der Waals surface area contributed by atoms with Crippen molar-refractivity contribution in [1.82, 2.24) is 29.8 Å². The Kier molecular flexibility index (Phi) is 7.42. The molecule has 168 valence electrons. The molecule has 13 nitrogen and oxygen atoms in total. The number of hydrogen-bond donors (Lipinski definition) is 2. The SMILES string of the molecule is CO/N=C(/C(=O)CBr)C(=O)N[C@H]1C(=O)N2[C@@H]1CCC(CSc1nnnn1C)=S2C(=O)O. The van der Waals surface area contributed by atoms with Crippen LogP contribution in [0.1, 0.15) is 12.8 Å². The van der Waals surface area contributed by atoms with E-state index in [0.717, 1.165) is 0 Å². The number of fused-ring (bicyclic) bond motifs is 1. The smallest absolute Gasteiger partial charge is 0.378 e. The summed E-state index contributed by atoms with van der Waals surface area (Å²) >= 11 is 4.25. The number of β-lactam (4-membered cyclic amide) rings is 1. The summed E-state index contributed by atoms with van der Waals surface area (Å²) in [5, 5.41) is 26.1. The first-order chi connectivity index (χ1) is 14.8. The highest BCUT2D eigenvalue weighted by Crippen LogP contribution is 2.42. The summed E-state index contributed by atoms with van der Waals surface area (Å²) < 4.78 is 2.77. The molecule has 1 saturated heterocycles. The molecule has 3 rings (SSSR count). The summed E-state index contributed by atoms with van der Waals surface area (Å²) in [6.45, 7) is 0. The summed E-state index contributed by atoms with van der Waals surface area (Å²) in [5.41, 5.74) is -0.473. The first kappa shape index (κ1) is 23.3. The van der Waals surface area contributed by atoms with Gasteiger partial charge in [0.05, 0.1) is 11.4 Å². The van der Waals surface area contributed by atoms with E-state index in [1.54, 1.807) is 7.05 Å². The lowest BCUT2D eigenvalue weighted by molar-refractivity contribution is -0.144. The van der Waals surface area contributed by atoms with E-state index >= 15 is 0 Å². The number of nitrogens with one attached hydrogen (secondary N) is 1. The van der Waals surface area contributed by atoms with Gasteiger partial charge in [-0.2, -0.15) is 0 Å². The van der Waals surface area contributed by atoms with Crippen LogP contribution in [-0.4, -0.2) is 93.4 Å². The van der Waals surface area contributed by atoms with E-state index < -0.39 is 51.4 Å². The van der Waals surface area contributed by atoms with Gasteiger partial charge < -0.3 is 15.3 Å². The van der Waals surface area contributed by atoms with Gasteiger partial charge in [-0.05, 0) is 28.1 Å². The number of carboxylic acid groups (broad SMARTS) is 1. The molecule has 31 heavy (non-hydrogen) atoms. The fraction of sp³-hybridized carbons (Fsp3) is 0.533. The van der Waals surface area contributed by atoms with Crippen LogP contribution in [0.25, 0.3) is 0 Å². The van der Waals surface area contributed by atoms with Crippen molar-refractivity contribution >= 4 is 71.8 Å². The Labute approximate surface area is 191 Å². The van der Waals surface area contributed by atoms with E-state index in [1.807, 2.05) is 0 Å². The third kappa shape index (κ3) is 4.64. The van der Waals surface area contributed by atoms with Gasteiger partial charge in [-0.15, -0.1) is 5.10 Å². The van der Waals surface area contributed by atoms with Crippen molar-refractivity contribution < 1.29 is 29.1 Å². The molecule has 0 radical (unpaired) electrons. The second kappa shape index (κ2) is 9.86. The number of aryl methyl sites for hydroxylation is 1. The molecule has 3 atom stereocenters. The summed E-state index contributed by atoms with van der Waals surface area (Å²) in [6, 6.07) is -1.41. The highest BCUT2D eigenvalue weighted by Gasteiger charge is 2.53. The van der Waals surface area contributed by atoms with Crippen LogP contribution in [0, 0.1) is 0 Å². The molecule has 0 bridgehead atoms. The Balaban J connectivity index is 1.75. The topological polar surface area (TPSA) is 169 Å². The van der Waals surface area contributed by atoms with Crippen molar-refractivity contribution in [3.05, 3.63) is 0 Å². The molecule has 2 N–H and O–H groups in total. The monoisotopic (exact) mass is 535 g/mol. The molecule has 2 aliphatic heterocycles. The van der Waals surface area contributed by atoms with Crippen molar-refractivity contribution in [3.63, 3.8) is 0 Å². The second-order valence-corrected chi connectivity index (χ2v) is 9.76. The molecule has 1 unspecified atom stereocenters. The molecule has 1 aromatic heterocycles. The van der Waals surface area contributed by atoms with Crippen LogP contribution >= 0.6 is 38.4 Å². The van der Waals surface area contributed by atoms with Crippen molar-refractivity contribution in [2.24, 2.45) is 12.2 Å². The van der Waals surface area contributed by atoms with E-state index in [0.29, 0.717) is 28.6 Å². The van der Waals surface area contributed by atoms with Crippen LogP contribution in [0.4, 0.5) is 4.79 Å². The number of rotatable bonds is 8. The van der Waals surface area contributed by atoms with Crippen LogP contribution in [-0.2, 0) is 26.3 Å². The lowest BCUT2D eigenvalue weighted by atomic mass is 9.93. The summed E-state index contributed by atoms with van der Waals surface area (Å²) in [6.07, 6.45) is 0.942. The Morgan fingerprint density at radius 3 is 2.77 bits per heavy atom. The van der Waals surface area contributed by atoms with E-state index in [1.165, 1.54) is 27.9 Å². The molecular weight excluding hydrogens is 518 g/mol. The van der Waals surface area contributed by atoms with E-state index in [2.05, 4.69) is 46.8 Å². The number of Topliss-reactive ketones (excluding diaryl/α,β-unsaturated/α-hetero) is 1. The number of amides is 2. The van der Waals surface area contributed by atoms with E-state index in [4.69, 9.17) is 0 Å². The number of carbonyl (C=O) groups excluding carboxylic acids is 3. The summed E-state index contributed by atoms with van der Waals surface area (Å²) in [5.74, 6) is -1.63. The standard InChI is InChI=1S/C15H18BrN7O6S2/c1-22-14(18-20-21-22)30-6-7-3-4-8-10(13(26)23(8)31(7)15(27)28)17-12(25)11(19-29-2)9(24)5-16/h8,10H,3-6H2,1-2H3,(H,17,25)(H,27,28)/b19-11-/t8-,10-,31?/m1/s1. The van der Waals surface area contributed by atoms with Gasteiger partial charge in [0.1, 0.15) is 13.2 Å². The van der Waals surface area contributed by atoms with Crippen LogP contribution < -0.4 is 5.32 Å². The van der Waals surface area contributed by atoms with E-state index in [-0.39, 0.29) is 5.33 Å². The predicted octanol–water partition coefficient (Wildman–Crippen LogP) is -0.208. The molecule has 2 amide bonds. The van der Waals surface area contributed by atoms with Gasteiger partial charge in [0.25, 0.3) is 11.8 Å². The quantitative estimate of drug-likeness (QED) is 0.0863. The van der Waals surface area contributed by atoms with Crippen LogP contribution in [0.15, 0.2) is 10.3 Å². The van der Waals surface area contributed by atoms with Gasteiger partial charge in [-0.25, -0.2) is 9.48 Å². The second-order valence-electron chi connectivity index (χ2n) is 6.36. The number of carbonyl (C=O) groups is 4. The van der Waals surface area contributed by atoms with Crippen molar-refractivity contribution in [3.8, 4) is 0 Å². The third-order valence-electron chi connectivity index (χ3n) is 4.54. The van der Waals surface area contributed by atoms with Gasteiger partial charge in [-0.1, -0.05) is 32.8 Å². The molecule has 3 heterocycles. The lowest BCUT2D eigenvalue weighted by Gasteiger charge is -2.50. The number of halogens is 1. The van der Waals surface area contributed by atoms with Gasteiger partial charge >= 0.3 is 5.30 Å². The van der Waals surface area contributed by atoms with Gasteiger partial charge in [-0.3, -0.25) is 18.7 Å². The maximum atomic E-state index is 12.7. The van der Waals surface area contributed by atoms with Gasteiger partial charge in [0.15, 0.2) is 0 Å². The first-order valence-corrected chi connectivity index (χ1v) is 12.1. The number of oxime groups is 1. The zero-order valence-corrected chi connectivity index (χ0v) is 19.6. The maximum absolute atomic E-state index is 12.7. The highest BCUT2D eigenvalue weighted by atomic mass is 79.9. The Hall–Kier alpha value is -2.33. The minimum absolute atomic E-state index is 0.143. The average Bonchev–Trinajstić information content (AvgIpc) is 3.17. The van der Waals surface area contributed by atoms with Crippen LogP contribution in [0.3, 0.4) is 0 Å². The number of hydrogen-bond acceptors (Lipinski definition) is 10. The molecular formula is C15H18BrN7O6S2. The van der Waals surface area contributed by atoms with Crippen LogP contribution in [0.5, 0.6) is 0 Å². The molecule has 0 aromatic carbocycles. The average molecular weight is 536 g/mol. The van der Waals surface area contributed by atoms with E-state index in [9.17, 15) is 24.3 Å². The summed E-state index contributed by atoms with van der Waals surface area (Å²) in [7, 11) is 1.42. The normalized spacial score (nSPS) is 23.1. The zero-order chi connectivity index (χ0) is 22.7. The van der Waals surface area contributed by atoms with Gasteiger partial charge in [0, 0.05) is 23.5 Å². The third-order valence-corrected chi connectivity index (χ3v) is 8.40. The number of alkyl halides is 1. The highest BCUT2D eigenvalue weighted by molar-refractivity contribution is 9.09. The Bertz CT molecular complexity index is 996. The van der Waals surface area contributed by atoms with Crippen molar-refractivity contribution in [1.29, 1.82) is 0 Å². The van der Waals surface area contributed by atoms with Crippen molar-refractivity contribution in [2.75, 3.05) is 18.2 Å². The number of tetrazole rings is 1. The molecule has 1 aromatic rings. The fourth-order valence-corrected chi connectivity index (χ4v) is 6.57. The van der Waals surface area contributed by atoms with Crippen molar-refractivity contribution in [2.45, 2.75) is 30.1 Å². The molecule has 0 saturated carbocycles. The minimum atomic E-state index is -1.44. The molecule has 0 aliphatic carbocycles. The zero-order valence-electron chi connectivity index (χ0n) is 16.3. The minimum Gasteiger partial charge on any atom is -0.472 e. The first-order valence-electron chi connectivity index (χ1n) is 8.81. The van der Waals surface area contributed by atoms with Gasteiger partial charge in [0.2, 0.25) is 16.7 Å². The lowest BCUT2D eigenvalue weighted by Crippen LogP contribution is -2.71. The Morgan fingerprint density at radius 2 is 2.19 bits per heavy atom. The number of thioether (sulfide) groups is 1. The fourth-order valence-electron chi connectivity index (χ4n) is 3.14. The molecule has 0 spiro atoms. The maximum Gasteiger partial charge on any atom is 0.378 e.